The van der Waals surface area contributed by atoms with Crippen molar-refractivity contribution in [2.45, 2.75) is 33.2 Å². The lowest BCUT2D eigenvalue weighted by Gasteiger charge is -2.09. The van der Waals surface area contributed by atoms with Gasteiger partial charge >= 0.3 is 0 Å². The number of hydrogen-bond acceptors (Lipinski definition) is 6. The Bertz CT molecular complexity index is 918. The number of ether oxygens (including phenoxy) is 2. The van der Waals surface area contributed by atoms with Crippen molar-refractivity contribution >= 4 is 5.91 Å². The molecular weight excluding hydrogens is 370 g/mol. The maximum Gasteiger partial charge on any atom is 0.258 e. The third-order valence-electron chi connectivity index (χ3n) is 4.15. The first-order chi connectivity index (χ1) is 14.0. The molecule has 0 aliphatic heterocycles. The van der Waals surface area contributed by atoms with Gasteiger partial charge in [-0.25, -0.2) is 0 Å². The monoisotopic (exact) mass is 395 g/mol. The first-order valence-corrected chi connectivity index (χ1v) is 9.60. The predicted molar refractivity (Wildman–Crippen MR) is 109 cm³/mol. The van der Waals surface area contributed by atoms with Gasteiger partial charge in [0.2, 0.25) is 0 Å². The molecule has 7 heteroatoms. The molecule has 3 aromatic rings. The van der Waals surface area contributed by atoms with Gasteiger partial charge in [0.05, 0.1) is 6.61 Å². The number of nitrogens with one attached hydrogen (secondary N) is 1. The summed E-state index contributed by atoms with van der Waals surface area (Å²) >= 11 is 0. The molecule has 0 spiro atoms. The van der Waals surface area contributed by atoms with E-state index in [1.54, 1.807) is 12.1 Å². The molecule has 1 N–H and O–H groups in total. The van der Waals surface area contributed by atoms with Crippen LogP contribution in [-0.4, -0.2) is 29.3 Å². The van der Waals surface area contributed by atoms with Gasteiger partial charge in [0.25, 0.3) is 11.8 Å². The van der Waals surface area contributed by atoms with Crippen molar-refractivity contribution in [3.8, 4) is 23.0 Å². The lowest BCUT2D eigenvalue weighted by molar-refractivity contribution is -0.123. The molecule has 0 unspecified atom stereocenters. The van der Waals surface area contributed by atoms with Crippen molar-refractivity contribution in [2.75, 3.05) is 13.2 Å². The van der Waals surface area contributed by atoms with Gasteiger partial charge < -0.3 is 19.3 Å². The van der Waals surface area contributed by atoms with E-state index in [0.29, 0.717) is 30.6 Å². The Balaban J connectivity index is 1.46. The molecule has 1 amide bonds. The summed E-state index contributed by atoms with van der Waals surface area (Å²) < 4.78 is 16.2. The Morgan fingerprint density at radius 3 is 2.31 bits per heavy atom. The highest BCUT2D eigenvalue weighted by Crippen LogP contribution is 2.22. The van der Waals surface area contributed by atoms with Crippen molar-refractivity contribution in [3.63, 3.8) is 0 Å². The molecule has 0 radical (unpaired) electrons. The van der Waals surface area contributed by atoms with Crippen LogP contribution in [0, 0.1) is 0 Å². The van der Waals surface area contributed by atoms with Crippen molar-refractivity contribution < 1.29 is 18.8 Å². The third-order valence-corrected chi connectivity index (χ3v) is 4.15. The second kappa shape index (κ2) is 9.73. The summed E-state index contributed by atoms with van der Waals surface area (Å²) in [5.41, 5.74) is 1.79. The van der Waals surface area contributed by atoms with E-state index in [-0.39, 0.29) is 18.4 Å². The fourth-order valence-corrected chi connectivity index (χ4v) is 2.55. The molecule has 2 aromatic carbocycles. The van der Waals surface area contributed by atoms with E-state index in [1.807, 2.05) is 57.2 Å². The lowest BCUT2D eigenvalue weighted by atomic mass is 10.2. The number of rotatable bonds is 9. The van der Waals surface area contributed by atoms with E-state index >= 15 is 0 Å². The van der Waals surface area contributed by atoms with Crippen LogP contribution in [0.25, 0.3) is 11.5 Å². The molecule has 3 rings (SSSR count). The van der Waals surface area contributed by atoms with Gasteiger partial charge in [0.1, 0.15) is 11.5 Å². The van der Waals surface area contributed by atoms with Gasteiger partial charge in [-0.1, -0.05) is 31.1 Å². The molecule has 0 bridgehead atoms. The second-order valence-corrected chi connectivity index (χ2v) is 6.78. The van der Waals surface area contributed by atoms with Crippen LogP contribution in [-0.2, 0) is 11.3 Å². The molecule has 152 valence electrons. The van der Waals surface area contributed by atoms with Crippen LogP contribution >= 0.6 is 0 Å². The Morgan fingerprint density at radius 2 is 1.69 bits per heavy atom. The highest BCUT2D eigenvalue weighted by molar-refractivity contribution is 5.77. The van der Waals surface area contributed by atoms with Crippen molar-refractivity contribution in [2.24, 2.45) is 0 Å². The number of nitrogens with zero attached hydrogens (tertiary/aromatic N) is 2. The minimum atomic E-state index is -0.193. The first kappa shape index (κ1) is 20.4. The Hall–Kier alpha value is -3.35. The highest BCUT2D eigenvalue weighted by atomic mass is 16.5. The number of aromatic nitrogens is 2. The summed E-state index contributed by atoms with van der Waals surface area (Å²) in [6.45, 7) is 6.95. The van der Waals surface area contributed by atoms with Crippen LogP contribution < -0.4 is 14.8 Å². The van der Waals surface area contributed by atoms with Gasteiger partial charge in [0, 0.05) is 18.0 Å². The van der Waals surface area contributed by atoms with E-state index in [1.165, 1.54) is 0 Å². The minimum absolute atomic E-state index is 0.0611. The molecule has 0 saturated carbocycles. The fraction of sp³-hybridized carbons (Fsp3) is 0.318. The van der Waals surface area contributed by atoms with Crippen LogP contribution in [0.3, 0.4) is 0 Å². The number of benzene rings is 2. The Morgan fingerprint density at radius 1 is 1.03 bits per heavy atom. The summed E-state index contributed by atoms with van der Waals surface area (Å²) in [5.74, 6) is 2.56. The standard InChI is InChI=1S/C22H25N3O4/c1-4-27-18-9-5-16(6-10-18)13-23-20(26)14-28-19-11-7-17(8-12-19)22-24-21(15(2)3)25-29-22/h5-12,15H,4,13-14H2,1-3H3,(H,23,26). The van der Waals surface area contributed by atoms with E-state index in [9.17, 15) is 4.79 Å². The normalized spacial score (nSPS) is 10.8. The second-order valence-electron chi connectivity index (χ2n) is 6.78. The maximum absolute atomic E-state index is 12.0. The van der Waals surface area contributed by atoms with E-state index in [4.69, 9.17) is 14.0 Å². The number of carbonyl (C=O) groups excluding carboxylic acids is 1. The number of hydrogen-bond donors (Lipinski definition) is 1. The summed E-state index contributed by atoms with van der Waals surface area (Å²) in [4.78, 5) is 16.4. The van der Waals surface area contributed by atoms with Crippen LogP contribution in [0.4, 0.5) is 0 Å². The summed E-state index contributed by atoms with van der Waals surface area (Å²) in [7, 11) is 0. The van der Waals surface area contributed by atoms with Crippen molar-refractivity contribution in [1.29, 1.82) is 0 Å². The average Bonchev–Trinajstić information content (AvgIpc) is 3.23. The summed E-state index contributed by atoms with van der Waals surface area (Å²) in [6, 6.07) is 14.8. The molecule has 0 fully saturated rings. The fourth-order valence-electron chi connectivity index (χ4n) is 2.55. The molecule has 29 heavy (non-hydrogen) atoms. The zero-order valence-corrected chi connectivity index (χ0v) is 16.8. The van der Waals surface area contributed by atoms with E-state index in [2.05, 4.69) is 15.5 Å². The first-order valence-electron chi connectivity index (χ1n) is 9.60. The number of carbonyl (C=O) groups is 1. The SMILES string of the molecule is CCOc1ccc(CNC(=O)COc2ccc(-c3nc(C(C)C)no3)cc2)cc1. The maximum atomic E-state index is 12.0. The van der Waals surface area contributed by atoms with Crippen molar-refractivity contribution in [1.82, 2.24) is 15.5 Å². The minimum Gasteiger partial charge on any atom is -0.494 e. The Labute approximate surface area is 170 Å². The van der Waals surface area contributed by atoms with Crippen LogP contribution in [0.2, 0.25) is 0 Å². The zero-order chi connectivity index (χ0) is 20.6. The third kappa shape index (κ3) is 5.81. The predicted octanol–water partition coefficient (Wildman–Crippen LogP) is 3.95. The Kier molecular flexibility index (Phi) is 6.84. The molecule has 0 saturated heterocycles. The topological polar surface area (TPSA) is 86.5 Å². The lowest BCUT2D eigenvalue weighted by Crippen LogP contribution is -2.28. The molecule has 0 atom stereocenters. The molecule has 0 aliphatic rings. The quantitative estimate of drug-likeness (QED) is 0.590. The van der Waals surface area contributed by atoms with Crippen LogP contribution in [0.5, 0.6) is 11.5 Å². The molecular formula is C22H25N3O4. The largest absolute Gasteiger partial charge is 0.494 e. The smallest absolute Gasteiger partial charge is 0.258 e. The highest BCUT2D eigenvalue weighted by Gasteiger charge is 2.11. The van der Waals surface area contributed by atoms with Gasteiger partial charge in [-0.05, 0) is 48.9 Å². The van der Waals surface area contributed by atoms with Gasteiger partial charge in [0.15, 0.2) is 12.4 Å². The summed E-state index contributed by atoms with van der Waals surface area (Å²) in [5, 5.41) is 6.79. The van der Waals surface area contributed by atoms with Crippen LogP contribution in [0.1, 0.15) is 38.1 Å². The van der Waals surface area contributed by atoms with Gasteiger partial charge in [-0.3, -0.25) is 4.79 Å². The van der Waals surface area contributed by atoms with Crippen molar-refractivity contribution in [3.05, 3.63) is 59.9 Å². The molecule has 1 aromatic heterocycles. The van der Waals surface area contributed by atoms with Gasteiger partial charge in [-0.15, -0.1) is 0 Å². The average molecular weight is 395 g/mol. The van der Waals surface area contributed by atoms with Crippen LogP contribution in [0.15, 0.2) is 53.1 Å². The molecule has 0 aliphatic carbocycles. The number of amides is 1. The molecule has 7 nitrogen and oxygen atoms in total. The van der Waals surface area contributed by atoms with E-state index in [0.717, 1.165) is 16.9 Å². The molecule has 1 heterocycles. The summed E-state index contributed by atoms with van der Waals surface area (Å²) in [6.07, 6.45) is 0. The zero-order valence-electron chi connectivity index (χ0n) is 16.8. The van der Waals surface area contributed by atoms with E-state index < -0.39 is 0 Å². The van der Waals surface area contributed by atoms with Gasteiger partial charge in [-0.2, -0.15) is 4.98 Å².